The lowest BCUT2D eigenvalue weighted by atomic mass is 9.77. The highest BCUT2D eigenvalue weighted by molar-refractivity contribution is 5.94. The van der Waals surface area contributed by atoms with Crippen LogP contribution in [0.1, 0.15) is 48.9 Å². The van der Waals surface area contributed by atoms with Crippen molar-refractivity contribution in [2.45, 2.75) is 38.5 Å². The van der Waals surface area contributed by atoms with Gasteiger partial charge < -0.3 is 14.5 Å². The van der Waals surface area contributed by atoms with Crippen molar-refractivity contribution in [3.05, 3.63) is 66.0 Å². The summed E-state index contributed by atoms with van der Waals surface area (Å²) in [6.45, 7) is 3.07. The lowest BCUT2D eigenvalue weighted by Gasteiger charge is -2.43. The van der Waals surface area contributed by atoms with Crippen molar-refractivity contribution >= 4 is 11.8 Å². The van der Waals surface area contributed by atoms with Crippen molar-refractivity contribution in [2.24, 2.45) is 5.41 Å². The number of carbonyl (C=O) groups excluding carboxylic acids is 2. The molecule has 0 radical (unpaired) electrons. The van der Waals surface area contributed by atoms with Gasteiger partial charge >= 0.3 is 0 Å². The zero-order valence-electron chi connectivity index (χ0n) is 18.5. The number of carbonyl (C=O) groups is 2. The molecule has 0 N–H and O–H groups in total. The minimum Gasteiger partial charge on any atom is -0.493 e. The summed E-state index contributed by atoms with van der Waals surface area (Å²) in [7, 11) is 0. The van der Waals surface area contributed by atoms with Crippen LogP contribution in [-0.4, -0.2) is 54.4 Å². The van der Waals surface area contributed by atoms with E-state index in [9.17, 15) is 14.0 Å². The molecule has 2 saturated heterocycles. The van der Waals surface area contributed by atoms with Gasteiger partial charge in [-0.3, -0.25) is 9.59 Å². The molecule has 5 nitrogen and oxygen atoms in total. The first-order chi connectivity index (χ1) is 15.5. The third-order valence-corrected chi connectivity index (χ3v) is 6.56. The van der Waals surface area contributed by atoms with Gasteiger partial charge in [0.25, 0.3) is 5.91 Å². The summed E-state index contributed by atoms with van der Waals surface area (Å²) in [6.07, 6.45) is 5.24. The zero-order valence-corrected chi connectivity index (χ0v) is 18.5. The van der Waals surface area contributed by atoms with Crippen LogP contribution >= 0.6 is 0 Å². The van der Waals surface area contributed by atoms with Crippen molar-refractivity contribution in [2.75, 3.05) is 32.8 Å². The maximum Gasteiger partial charge on any atom is 0.253 e. The summed E-state index contributed by atoms with van der Waals surface area (Å²) >= 11 is 0. The van der Waals surface area contributed by atoms with Crippen LogP contribution in [0.4, 0.5) is 4.39 Å². The molecular weight excluding hydrogens is 407 g/mol. The van der Waals surface area contributed by atoms with Gasteiger partial charge in [0.15, 0.2) is 0 Å². The average molecular weight is 439 g/mol. The van der Waals surface area contributed by atoms with E-state index >= 15 is 0 Å². The van der Waals surface area contributed by atoms with E-state index in [2.05, 4.69) is 0 Å². The van der Waals surface area contributed by atoms with Crippen LogP contribution in [0.25, 0.3) is 0 Å². The lowest BCUT2D eigenvalue weighted by Crippen LogP contribution is -2.51. The molecule has 6 heteroatoms. The Balaban J connectivity index is 1.52. The highest BCUT2D eigenvalue weighted by atomic mass is 19.1. The first-order valence-corrected chi connectivity index (χ1v) is 11.6. The molecule has 2 heterocycles. The van der Waals surface area contributed by atoms with Crippen LogP contribution in [0.3, 0.4) is 0 Å². The van der Waals surface area contributed by atoms with Crippen molar-refractivity contribution < 1.29 is 18.7 Å². The van der Waals surface area contributed by atoms with Gasteiger partial charge in [-0.05, 0) is 68.5 Å². The molecule has 4 rings (SSSR count). The molecule has 0 aromatic heterocycles. The Morgan fingerprint density at radius 3 is 2.28 bits per heavy atom. The van der Waals surface area contributed by atoms with Crippen molar-refractivity contribution in [1.29, 1.82) is 0 Å². The number of hydrogen-bond acceptors (Lipinski definition) is 3. The number of amides is 2. The number of hydrogen-bond donors (Lipinski definition) is 0. The predicted molar refractivity (Wildman–Crippen MR) is 121 cm³/mol. The standard InChI is InChI=1S/C26H31FN2O3/c27-22-10-12-23(13-11-22)32-20-26(18-24(30)28-15-5-2-6-16-28)14-7-17-29(19-26)25(31)21-8-3-1-4-9-21/h1,3-4,8-13H,2,5-7,14-20H2/t26-/m1/s1. The van der Waals surface area contributed by atoms with E-state index in [1.165, 1.54) is 18.6 Å². The van der Waals surface area contributed by atoms with Crippen LogP contribution in [-0.2, 0) is 4.79 Å². The van der Waals surface area contributed by atoms with Crippen molar-refractivity contribution in [1.82, 2.24) is 9.80 Å². The molecular formula is C26H31FN2O3. The highest BCUT2D eigenvalue weighted by Crippen LogP contribution is 2.36. The van der Waals surface area contributed by atoms with Crippen LogP contribution < -0.4 is 4.74 Å². The third-order valence-electron chi connectivity index (χ3n) is 6.56. The Kier molecular flexibility index (Phi) is 7.08. The van der Waals surface area contributed by atoms with Crippen LogP contribution in [0.15, 0.2) is 54.6 Å². The normalized spacial score (nSPS) is 21.3. The SMILES string of the molecule is O=C(C[C@]1(COc2ccc(F)cc2)CCCN(C(=O)c2ccccc2)C1)N1CCCCC1. The summed E-state index contributed by atoms with van der Waals surface area (Å²) in [5.41, 5.74) is 0.191. The van der Waals surface area contributed by atoms with Crippen molar-refractivity contribution in [3.63, 3.8) is 0 Å². The maximum absolute atomic E-state index is 13.3. The Morgan fingerprint density at radius 1 is 0.875 bits per heavy atom. The first-order valence-electron chi connectivity index (χ1n) is 11.6. The van der Waals surface area contributed by atoms with Gasteiger partial charge in [0.2, 0.25) is 5.91 Å². The zero-order chi connectivity index (χ0) is 22.4. The van der Waals surface area contributed by atoms with E-state index in [0.717, 1.165) is 38.8 Å². The minimum atomic E-state index is -0.467. The summed E-state index contributed by atoms with van der Waals surface area (Å²) < 4.78 is 19.3. The topological polar surface area (TPSA) is 49.9 Å². The molecule has 0 saturated carbocycles. The summed E-state index contributed by atoms with van der Waals surface area (Å²) in [5.74, 6) is 0.385. The Morgan fingerprint density at radius 2 is 1.56 bits per heavy atom. The minimum absolute atomic E-state index is 0.0121. The second kappa shape index (κ2) is 10.2. The van der Waals surface area contributed by atoms with Gasteiger partial charge in [0.05, 0.1) is 6.61 Å². The second-order valence-electron chi connectivity index (χ2n) is 9.06. The summed E-state index contributed by atoms with van der Waals surface area (Å²) in [4.78, 5) is 30.1. The molecule has 2 fully saturated rings. The quantitative estimate of drug-likeness (QED) is 0.666. The Labute approximate surface area is 189 Å². The molecule has 2 aromatic rings. The van der Waals surface area contributed by atoms with Crippen LogP contribution in [0.2, 0.25) is 0 Å². The predicted octanol–water partition coefficient (Wildman–Crippen LogP) is 4.53. The monoisotopic (exact) mass is 438 g/mol. The molecule has 170 valence electrons. The van der Waals surface area contributed by atoms with Gasteiger partial charge in [0, 0.05) is 43.6 Å². The molecule has 0 unspecified atom stereocenters. The van der Waals surface area contributed by atoms with E-state index in [1.54, 1.807) is 12.1 Å². The van der Waals surface area contributed by atoms with Crippen LogP contribution in [0, 0.1) is 11.2 Å². The Bertz CT molecular complexity index is 912. The Hall–Kier alpha value is -2.89. The van der Waals surface area contributed by atoms with Gasteiger partial charge in [-0.2, -0.15) is 0 Å². The number of likely N-dealkylation sites (tertiary alicyclic amines) is 2. The van der Waals surface area contributed by atoms with Gasteiger partial charge in [-0.15, -0.1) is 0 Å². The fourth-order valence-electron chi connectivity index (χ4n) is 4.80. The second-order valence-corrected chi connectivity index (χ2v) is 9.06. The maximum atomic E-state index is 13.3. The number of piperidine rings is 2. The average Bonchev–Trinajstić information content (AvgIpc) is 2.84. The molecule has 2 aliphatic heterocycles. The molecule has 2 aromatic carbocycles. The molecule has 2 aliphatic rings. The van der Waals surface area contributed by atoms with Crippen LogP contribution in [0.5, 0.6) is 5.75 Å². The lowest BCUT2D eigenvalue weighted by molar-refractivity contribution is -0.136. The molecule has 1 atom stereocenters. The fraction of sp³-hybridized carbons (Fsp3) is 0.462. The number of ether oxygens (including phenoxy) is 1. The highest BCUT2D eigenvalue weighted by Gasteiger charge is 2.41. The van der Waals surface area contributed by atoms with Gasteiger partial charge in [-0.25, -0.2) is 4.39 Å². The van der Waals surface area contributed by atoms with E-state index in [0.29, 0.717) is 37.4 Å². The fourth-order valence-corrected chi connectivity index (χ4v) is 4.80. The molecule has 0 bridgehead atoms. The van der Waals surface area contributed by atoms with E-state index in [-0.39, 0.29) is 17.6 Å². The van der Waals surface area contributed by atoms with E-state index < -0.39 is 5.41 Å². The number of nitrogens with zero attached hydrogens (tertiary/aromatic N) is 2. The number of benzene rings is 2. The molecule has 0 aliphatic carbocycles. The molecule has 2 amide bonds. The van der Waals surface area contributed by atoms with Crippen molar-refractivity contribution in [3.8, 4) is 5.75 Å². The molecule has 32 heavy (non-hydrogen) atoms. The number of rotatable bonds is 6. The van der Waals surface area contributed by atoms with E-state index in [1.807, 2.05) is 40.1 Å². The largest absolute Gasteiger partial charge is 0.493 e. The summed E-state index contributed by atoms with van der Waals surface area (Å²) in [5, 5.41) is 0. The first kappa shape index (κ1) is 22.3. The van der Waals surface area contributed by atoms with Gasteiger partial charge in [-0.1, -0.05) is 18.2 Å². The number of halogens is 1. The van der Waals surface area contributed by atoms with Gasteiger partial charge in [0.1, 0.15) is 11.6 Å². The molecule has 0 spiro atoms. The smallest absolute Gasteiger partial charge is 0.253 e. The van der Waals surface area contributed by atoms with E-state index in [4.69, 9.17) is 4.74 Å². The summed E-state index contributed by atoms with van der Waals surface area (Å²) in [6, 6.07) is 15.2. The third kappa shape index (κ3) is 5.47.